The Morgan fingerprint density at radius 2 is 1.74 bits per heavy atom. The molecule has 4 rings (SSSR count). The predicted molar refractivity (Wildman–Crippen MR) is 136 cm³/mol. The SMILES string of the molecule is COC(=O)C(O)CNC(=O)c1ccc(Cn2nc(-c3ccc(OC(F)(F)F)cc3)cc2C2CCCCC2)cc1. The molecule has 1 unspecified atom stereocenters. The largest absolute Gasteiger partial charge is 0.573 e. The highest BCUT2D eigenvalue weighted by Crippen LogP contribution is 2.35. The van der Waals surface area contributed by atoms with Gasteiger partial charge in [-0.2, -0.15) is 5.10 Å². The van der Waals surface area contributed by atoms with Crippen molar-refractivity contribution in [2.45, 2.75) is 57.0 Å². The molecular formula is C28H30F3N3O5. The molecule has 0 spiro atoms. The minimum Gasteiger partial charge on any atom is -0.467 e. The molecule has 3 aromatic rings. The second-order valence-corrected chi connectivity index (χ2v) is 9.47. The van der Waals surface area contributed by atoms with Crippen molar-refractivity contribution in [3.8, 4) is 17.0 Å². The number of amides is 1. The summed E-state index contributed by atoms with van der Waals surface area (Å²) in [6.45, 7) is 0.182. The van der Waals surface area contributed by atoms with Gasteiger partial charge in [0, 0.05) is 22.7 Å². The quantitative estimate of drug-likeness (QED) is 0.374. The summed E-state index contributed by atoms with van der Waals surface area (Å²) in [7, 11) is 1.15. The van der Waals surface area contributed by atoms with Crippen molar-refractivity contribution in [3.63, 3.8) is 0 Å². The van der Waals surface area contributed by atoms with Crippen LogP contribution in [0.4, 0.5) is 13.2 Å². The van der Waals surface area contributed by atoms with Crippen LogP contribution in [0.1, 0.15) is 59.6 Å². The van der Waals surface area contributed by atoms with E-state index in [2.05, 4.69) is 14.8 Å². The van der Waals surface area contributed by atoms with Crippen LogP contribution in [0.15, 0.2) is 54.6 Å². The summed E-state index contributed by atoms with van der Waals surface area (Å²) in [6.07, 6.45) is -0.665. The van der Waals surface area contributed by atoms with E-state index in [4.69, 9.17) is 5.10 Å². The lowest BCUT2D eigenvalue weighted by Gasteiger charge is -2.22. The zero-order valence-corrected chi connectivity index (χ0v) is 21.4. The number of methoxy groups -OCH3 is 1. The molecule has 1 atom stereocenters. The van der Waals surface area contributed by atoms with Crippen LogP contribution in [0.5, 0.6) is 5.75 Å². The first kappa shape index (κ1) is 28.2. The number of alkyl halides is 3. The molecule has 1 heterocycles. The van der Waals surface area contributed by atoms with Gasteiger partial charge in [-0.05, 0) is 60.9 Å². The average Bonchev–Trinajstić information content (AvgIpc) is 3.35. The van der Waals surface area contributed by atoms with Crippen molar-refractivity contribution in [2.75, 3.05) is 13.7 Å². The Labute approximate surface area is 223 Å². The lowest BCUT2D eigenvalue weighted by atomic mass is 9.86. The maximum Gasteiger partial charge on any atom is 0.573 e. The van der Waals surface area contributed by atoms with Gasteiger partial charge >= 0.3 is 12.3 Å². The smallest absolute Gasteiger partial charge is 0.467 e. The number of nitrogens with zero attached hydrogens (tertiary/aromatic N) is 2. The highest BCUT2D eigenvalue weighted by atomic mass is 19.4. The van der Waals surface area contributed by atoms with Crippen molar-refractivity contribution >= 4 is 11.9 Å². The summed E-state index contributed by atoms with van der Waals surface area (Å²) >= 11 is 0. The molecule has 1 aromatic heterocycles. The van der Waals surface area contributed by atoms with Crippen molar-refractivity contribution < 1.29 is 37.3 Å². The number of carbonyl (C=O) groups is 2. The molecule has 1 fully saturated rings. The van der Waals surface area contributed by atoms with Crippen LogP contribution >= 0.6 is 0 Å². The Morgan fingerprint density at radius 3 is 2.36 bits per heavy atom. The van der Waals surface area contributed by atoms with Crippen LogP contribution in [0.3, 0.4) is 0 Å². The standard InChI is InChI=1S/C28H30F3N3O5/c1-38-27(37)25(35)16-32-26(36)21-9-7-18(8-10-21)17-34-24(20-5-3-2-4-6-20)15-23(33-34)19-11-13-22(14-12-19)39-28(29,30)31/h7-15,20,25,35H,2-6,16-17H2,1H3,(H,32,36). The number of aliphatic hydroxyl groups is 1. The lowest BCUT2D eigenvalue weighted by Crippen LogP contribution is -2.37. The maximum atomic E-state index is 12.5. The molecule has 2 N–H and O–H groups in total. The minimum atomic E-state index is -4.75. The van der Waals surface area contributed by atoms with Gasteiger partial charge in [-0.3, -0.25) is 9.48 Å². The van der Waals surface area contributed by atoms with Gasteiger partial charge in [0.15, 0.2) is 6.10 Å². The molecule has 1 amide bonds. The number of halogens is 3. The number of aliphatic hydroxyl groups excluding tert-OH is 1. The van der Waals surface area contributed by atoms with E-state index in [1.807, 2.05) is 10.7 Å². The van der Waals surface area contributed by atoms with E-state index in [1.54, 1.807) is 36.4 Å². The monoisotopic (exact) mass is 545 g/mol. The third kappa shape index (κ3) is 7.60. The Bertz CT molecular complexity index is 1270. The molecular weight excluding hydrogens is 515 g/mol. The normalized spacial score (nSPS) is 15.0. The summed E-state index contributed by atoms with van der Waals surface area (Å²) in [5, 5.41) is 16.9. The number of hydrogen-bond donors (Lipinski definition) is 2. The number of aromatic nitrogens is 2. The van der Waals surface area contributed by atoms with Crippen LogP contribution in [0.25, 0.3) is 11.3 Å². The number of rotatable bonds is 9. The zero-order chi connectivity index (χ0) is 28.0. The second kappa shape index (κ2) is 12.3. The maximum absolute atomic E-state index is 12.5. The van der Waals surface area contributed by atoms with E-state index in [0.29, 0.717) is 29.3 Å². The molecule has 1 aliphatic rings. The first-order chi connectivity index (χ1) is 18.6. The van der Waals surface area contributed by atoms with Crippen LogP contribution in [0, 0.1) is 0 Å². The summed E-state index contributed by atoms with van der Waals surface area (Å²) in [6, 6.07) is 14.6. The predicted octanol–water partition coefficient (Wildman–Crippen LogP) is 4.81. The molecule has 1 aliphatic carbocycles. The van der Waals surface area contributed by atoms with Crippen molar-refractivity contribution in [3.05, 3.63) is 71.4 Å². The van der Waals surface area contributed by atoms with E-state index in [-0.39, 0.29) is 12.3 Å². The van der Waals surface area contributed by atoms with Crippen LogP contribution in [-0.4, -0.2) is 52.9 Å². The van der Waals surface area contributed by atoms with Crippen molar-refractivity contribution in [2.24, 2.45) is 0 Å². The van der Waals surface area contributed by atoms with Gasteiger partial charge in [-0.15, -0.1) is 13.2 Å². The van der Waals surface area contributed by atoms with E-state index in [9.17, 15) is 27.9 Å². The highest BCUT2D eigenvalue weighted by molar-refractivity contribution is 5.94. The van der Waals surface area contributed by atoms with Gasteiger partial charge in [0.05, 0.1) is 25.9 Å². The molecule has 0 saturated heterocycles. The van der Waals surface area contributed by atoms with Gasteiger partial charge < -0.3 is 19.9 Å². The number of nitrogens with one attached hydrogen (secondary N) is 1. The Kier molecular flexibility index (Phi) is 8.90. The lowest BCUT2D eigenvalue weighted by molar-refractivity contribution is -0.274. The van der Waals surface area contributed by atoms with Crippen LogP contribution in [-0.2, 0) is 16.1 Å². The minimum absolute atomic E-state index is 0.266. The topological polar surface area (TPSA) is 103 Å². The number of benzene rings is 2. The zero-order valence-electron chi connectivity index (χ0n) is 21.4. The Morgan fingerprint density at radius 1 is 1.08 bits per heavy atom. The number of carbonyl (C=O) groups excluding carboxylic acids is 2. The fraction of sp³-hybridized carbons (Fsp3) is 0.393. The second-order valence-electron chi connectivity index (χ2n) is 9.47. The van der Waals surface area contributed by atoms with Crippen LogP contribution < -0.4 is 10.1 Å². The fourth-order valence-corrected chi connectivity index (χ4v) is 4.70. The van der Waals surface area contributed by atoms with E-state index in [1.165, 1.54) is 18.6 Å². The highest BCUT2D eigenvalue weighted by Gasteiger charge is 2.31. The number of esters is 1. The fourth-order valence-electron chi connectivity index (χ4n) is 4.70. The Hall–Kier alpha value is -3.86. The summed E-state index contributed by atoms with van der Waals surface area (Å²) in [4.78, 5) is 23.7. The molecule has 0 radical (unpaired) electrons. The number of ether oxygens (including phenoxy) is 2. The number of hydrogen-bond acceptors (Lipinski definition) is 6. The van der Waals surface area contributed by atoms with Gasteiger partial charge in [-0.1, -0.05) is 31.4 Å². The van der Waals surface area contributed by atoms with E-state index < -0.39 is 24.3 Å². The molecule has 0 bridgehead atoms. The molecule has 208 valence electrons. The van der Waals surface area contributed by atoms with E-state index >= 15 is 0 Å². The summed E-state index contributed by atoms with van der Waals surface area (Å²) in [5.41, 5.74) is 3.68. The van der Waals surface area contributed by atoms with Crippen molar-refractivity contribution in [1.29, 1.82) is 0 Å². The molecule has 0 aliphatic heterocycles. The molecule has 39 heavy (non-hydrogen) atoms. The molecule has 8 nitrogen and oxygen atoms in total. The molecule has 11 heteroatoms. The third-order valence-corrected chi connectivity index (χ3v) is 6.70. The first-order valence-corrected chi connectivity index (χ1v) is 12.7. The summed E-state index contributed by atoms with van der Waals surface area (Å²) < 4.78 is 47.9. The first-order valence-electron chi connectivity index (χ1n) is 12.7. The van der Waals surface area contributed by atoms with Gasteiger partial charge in [0.1, 0.15) is 5.75 Å². The Balaban J connectivity index is 1.50. The molecule has 1 saturated carbocycles. The van der Waals surface area contributed by atoms with Gasteiger partial charge in [0.25, 0.3) is 5.91 Å². The molecule has 2 aromatic carbocycles. The summed E-state index contributed by atoms with van der Waals surface area (Å²) in [5.74, 6) is -1.23. The van der Waals surface area contributed by atoms with Gasteiger partial charge in [0.2, 0.25) is 0 Å². The third-order valence-electron chi connectivity index (χ3n) is 6.70. The van der Waals surface area contributed by atoms with E-state index in [0.717, 1.165) is 44.1 Å². The van der Waals surface area contributed by atoms with Crippen molar-refractivity contribution in [1.82, 2.24) is 15.1 Å². The average molecular weight is 546 g/mol. The van der Waals surface area contributed by atoms with Gasteiger partial charge in [-0.25, -0.2) is 4.79 Å². The van der Waals surface area contributed by atoms with Crippen LogP contribution in [0.2, 0.25) is 0 Å².